The van der Waals surface area contributed by atoms with Gasteiger partial charge in [0.15, 0.2) is 5.17 Å². The van der Waals surface area contributed by atoms with Gasteiger partial charge in [-0.3, -0.25) is 14.6 Å². The first-order valence-corrected chi connectivity index (χ1v) is 13.2. The SMILES string of the molecule is CC[C@H](SC1=Nc2ccccc2C2=N[C@H](Cc3ccccc3)C(=O)N12)C(=O)N1CCc2ccccc21. The van der Waals surface area contributed by atoms with Crippen LogP contribution < -0.4 is 4.90 Å². The fourth-order valence-electron chi connectivity index (χ4n) is 5.03. The lowest BCUT2D eigenvalue weighted by atomic mass is 10.1. The lowest BCUT2D eigenvalue weighted by Gasteiger charge is -2.29. The summed E-state index contributed by atoms with van der Waals surface area (Å²) in [5, 5.41) is 0.170. The van der Waals surface area contributed by atoms with Crippen LogP contribution in [0, 0.1) is 0 Å². The third-order valence-electron chi connectivity index (χ3n) is 6.87. The molecule has 0 aromatic heterocycles. The zero-order chi connectivity index (χ0) is 24.6. The molecule has 180 valence electrons. The van der Waals surface area contributed by atoms with Gasteiger partial charge in [-0.25, -0.2) is 9.89 Å². The lowest BCUT2D eigenvalue weighted by Crippen LogP contribution is -2.44. The molecule has 6 rings (SSSR count). The van der Waals surface area contributed by atoms with E-state index in [4.69, 9.17) is 9.98 Å². The van der Waals surface area contributed by atoms with Crippen molar-refractivity contribution in [2.45, 2.75) is 37.5 Å². The van der Waals surface area contributed by atoms with Crippen LogP contribution in [-0.4, -0.2) is 45.6 Å². The van der Waals surface area contributed by atoms with E-state index in [1.165, 1.54) is 17.3 Å². The van der Waals surface area contributed by atoms with E-state index in [0.29, 0.717) is 30.4 Å². The number of aliphatic imine (C=N–C) groups is 2. The number of hydrogen-bond donors (Lipinski definition) is 0. The van der Waals surface area contributed by atoms with E-state index in [9.17, 15) is 9.59 Å². The predicted octanol–water partition coefficient (Wildman–Crippen LogP) is 4.99. The van der Waals surface area contributed by atoms with Gasteiger partial charge < -0.3 is 4.90 Å². The molecule has 3 aromatic rings. The molecule has 3 aliphatic rings. The first-order chi connectivity index (χ1) is 17.6. The zero-order valence-corrected chi connectivity index (χ0v) is 20.8. The molecule has 36 heavy (non-hydrogen) atoms. The monoisotopic (exact) mass is 494 g/mol. The van der Waals surface area contributed by atoms with Crippen LogP contribution >= 0.6 is 11.8 Å². The molecular weight excluding hydrogens is 468 g/mol. The topological polar surface area (TPSA) is 65.3 Å². The summed E-state index contributed by atoms with van der Waals surface area (Å²) in [6, 6.07) is 25.3. The highest BCUT2D eigenvalue weighted by molar-refractivity contribution is 8.15. The van der Waals surface area contributed by atoms with Crippen molar-refractivity contribution in [3.8, 4) is 0 Å². The van der Waals surface area contributed by atoms with Gasteiger partial charge in [0, 0.05) is 24.2 Å². The minimum absolute atomic E-state index is 0.0555. The highest BCUT2D eigenvalue weighted by atomic mass is 32.2. The summed E-state index contributed by atoms with van der Waals surface area (Å²) in [6.07, 6.45) is 2.02. The summed E-state index contributed by atoms with van der Waals surface area (Å²) in [5.41, 5.74) is 4.87. The van der Waals surface area contributed by atoms with Gasteiger partial charge in [0.05, 0.1) is 10.9 Å². The second kappa shape index (κ2) is 9.39. The Morgan fingerprint density at radius 1 is 1.03 bits per heavy atom. The first kappa shape index (κ1) is 22.7. The molecule has 6 nitrogen and oxygen atoms in total. The van der Waals surface area contributed by atoms with E-state index < -0.39 is 6.04 Å². The number of fused-ring (bicyclic) bond motifs is 4. The van der Waals surface area contributed by atoms with Gasteiger partial charge in [-0.05, 0) is 42.2 Å². The van der Waals surface area contributed by atoms with Crippen molar-refractivity contribution >= 4 is 46.0 Å². The molecule has 2 atom stereocenters. The molecule has 0 radical (unpaired) electrons. The van der Waals surface area contributed by atoms with Gasteiger partial charge in [0.2, 0.25) is 5.91 Å². The van der Waals surface area contributed by atoms with E-state index in [1.54, 1.807) is 4.90 Å². The molecule has 0 N–H and O–H groups in total. The van der Waals surface area contributed by atoms with Crippen molar-refractivity contribution in [2.24, 2.45) is 9.98 Å². The van der Waals surface area contributed by atoms with Crippen molar-refractivity contribution in [1.82, 2.24) is 4.90 Å². The number of carbonyl (C=O) groups excluding carboxylic acids is 2. The molecular formula is C29H26N4O2S. The average Bonchev–Trinajstić information content (AvgIpc) is 3.49. The number of anilines is 1. The smallest absolute Gasteiger partial charge is 0.259 e. The van der Waals surface area contributed by atoms with Crippen LogP contribution in [0.4, 0.5) is 11.4 Å². The Balaban J connectivity index is 1.31. The van der Waals surface area contributed by atoms with Crippen LogP contribution in [0.5, 0.6) is 0 Å². The highest BCUT2D eigenvalue weighted by Crippen LogP contribution is 2.37. The number of thioether (sulfide) groups is 1. The molecule has 0 spiro atoms. The molecule has 3 aromatic carbocycles. The number of rotatable bonds is 5. The molecule has 0 unspecified atom stereocenters. The van der Waals surface area contributed by atoms with Crippen LogP contribution in [0.25, 0.3) is 0 Å². The molecule has 7 heteroatoms. The molecule has 0 saturated carbocycles. The Bertz CT molecular complexity index is 1400. The number of amides is 2. The number of amidine groups is 2. The molecule has 0 aliphatic carbocycles. The second-order valence-corrected chi connectivity index (χ2v) is 10.3. The van der Waals surface area contributed by atoms with Crippen molar-refractivity contribution in [3.05, 3.63) is 95.6 Å². The predicted molar refractivity (Wildman–Crippen MR) is 145 cm³/mol. The fraction of sp³-hybridized carbons (Fsp3) is 0.241. The number of para-hydroxylation sites is 2. The summed E-state index contributed by atoms with van der Waals surface area (Å²) in [7, 11) is 0. The Labute approximate surface area is 214 Å². The second-order valence-electron chi connectivity index (χ2n) is 9.13. The quantitative estimate of drug-likeness (QED) is 0.502. The molecule has 3 heterocycles. The van der Waals surface area contributed by atoms with Crippen molar-refractivity contribution in [3.63, 3.8) is 0 Å². The standard InChI is InChI=1S/C29H26N4O2S/c1-2-25(28(35)32-17-16-20-12-6-9-15-24(20)32)36-29-31-22-14-8-7-13-21(22)26-30-23(27(34)33(26)29)18-19-10-4-3-5-11-19/h3-15,23,25H,2,16-18H2,1H3/t23-,25+/m1/s1. The highest BCUT2D eigenvalue weighted by Gasteiger charge is 2.43. The van der Waals surface area contributed by atoms with E-state index in [1.807, 2.05) is 84.6 Å². The molecule has 2 amide bonds. The van der Waals surface area contributed by atoms with Gasteiger partial charge in [0.1, 0.15) is 11.9 Å². The summed E-state index contributed by atoms with van der Waals surface area (Å²) in [4.78, 5) is 40.5. The maximum absolute atomic E-state index is 13.7. The Morgan fingerprint density at radius 2 is 1.78 bits per heavy atom. The number of hydrogen-bond acceptors (Lipinski definition) is 5. The first-order valence-electron chi connectivity index (χ1n) is 12.3. The van der Waals surface area contributed by atoms with Crippen LogP contribution in [0.1, 0.15) is 30.0 Å². The molecule has 0 saturated heterocycles. The van der Waals surface area contributed by atoms with Crippen molar-refractivity contribution < 1.29 is 9.59 Å². The van der Waals surface area contributed by atoms with E-state index in [2.05, 4.69) is 6.07 Å². The molecule has 3 aliphatic heterocycles. The van der Waals surface area contributed by atoms with Crippen molar-refractivity contribution in [1.29, 1.82) is 0 Å². The zero-order valence-electron chi connectivity index (χ0n) is 20.0. The van der Waals surface area contributed by atoms with Gasteiger partial charge in [-0.15, -0.1) is 0 Å². The third kappa shape index (κ3) is 3.93. The van der Waals surface area contributed by atoms with E-state index in [-0.39, 0.29) is 17.1 Å². The number of nitrogens with zero attached hydrogens (tertiary/aromatic N) is 4. The Hall–Kier alpha value is -3.71. The van der Waals surface area contributed by atoms with Gasteiger partial charge >= 0.3 is 0 Å². The third-order valence-corrected chi connectivity index (χ3v) is 8.17. The van der Waals surface area contributed by atoms with E-state index in [0.717, 1.165) is 28.9 Å². The normalized spacial score (nSPS) is 18.8. The van der Waals surface area contributed by atoms with Gasteiger partial charge in [0.25, 0.3) is 5.91 Å². The summed E-state index contributed by atoms with van der Waals surface area (Å²) < 4.78 is 0. The Kier molecular flexibility index (Phi) is 5.93. The van der Waals surface area contributed by atoms with Crippen LogP contribution in [-0.2, 0) is 22.4 Å². The van der Waals surface area contributed by atoms with Crippen molar-refractivity contribution in [2.75, 3.05) is 11.4 Å². The largest absolute Gasteiger partial charge is 0.311 e. The minimum Gasteiger partial charge on any atom is -0.311 e. The lowest BCUT2D eigenvalue weighted by molar-refractivity contribution is -0.124. The van der Waals surface area contributed by atoms with Crippen LogP contribution in [0.2, 0.25) is 0 Å². The van der Waals surface area contributed by atoms with E-state index >= 15 is 0 Å². The Morgan fingerprint density at radius 3 is 2.61 bits per heavy atom. The van der Waals surface area contributed by atoms with Gasteiger partial charge in [-0.1, -0.05) is 79.3 Å². The summed E-state index contributed by atoms with van der Waals surface area (Å²) >= 11 is 1.37. The van der Waals surface area contributed by atoms with Gasteiger partial charge in [-0.2, -0.15) is 0 Å². The molecule has 0 fully saturated rings. The maximum atomic E-state index is 13.7. The average molecular weight is 495 g/mol. The maximum Gasteiger partial charge on any atom is 0.259 e. The molecule has 0 bridgehead atoms. The fourth-order valence-corrected chi connectivity index (χ4v) is 6.11. The number of benzene rings is 3. The summed E-state index contributed by atoms with van der Waals surface area (Å²) in [6.45, 7) is 2.69. The minimum atomic E-state index is -0.513. The van der Waals surface area contributed by atoms with Crippen LogP contribution in [0.3, 0.4) is 0 Å². The number of carbonyl (C=O) groups is 2. The van der Waals surface area contributed by atoms with Crippen LogP contribution in [0.15, 0.2) is 88.8 Å². The summed E-state index contributed by atoms with van der Waals surface area (Å²) in [5.74, 6) is 0.589.